The van der Waals surface area contributed by atoms with Gasteiger partial charge < -0.3 is 5.11 Å². The van der Waals surface area contributed by atoms with Crippen LogP contribution in [0.25, 0.3) is 0 Å². The number of amides is 1. The Morgan fingerprint density at radius 3 is 2.00 bits per heavy atom. The van der Waals surface area contributed by atoms with Gasteiger partial charge in [0.15, 0.2) is 0 Å². The Labute approximate surface area is 54.2 Å². The smallest absolute Gasteiger partial charge is 0.419 e. The molecule has 0 rings (SSSR count). The van der Waals surface area contributed by atoms with Crippen molar-refractivity contribution in [2.45, 2.75) is 26.3 Å². The minimum Gasteiger partial charge on any atom is -0.464 e. The molecule has 0 unspecified atom stereocenters. The molecule has 0 saturated carbocycles. The van der Waals surface area contributed by atoms with Crippen LogP contribution in [0.15, 0.2) is 0 Å². The van der Waals surface area contributed by atoms with Crippen LogP contribution in [-0.2, 0) is 0 Å². The zero-order valence-corrected chi connectivity index (χ0v) is 5.86. The van der Waals surface area contributed by atoms with Gasteiger partial charge in [0.2, 0.25) is 0 Å². The molecule has 0 aliphatic heterocycles. The van der Waals surface area contributed by atoms with Crippen LogP contribution in [0.1, 0.15) is 20.8 Å². The van der Waals surface area contributed by atoms with Crippen LogP contribution >= 0.6 is 0 Å². The molecular weight excluding hydrogens is 120 g/mol. The minimum absolute atomic E-state index is 0.210. The zero-order valence-electron chi connectivity index (χ0n) is 5.86. The Morgan fingerprint density at radius 2 is 1.89 bits per heavy atom. The fourth-order valence-corrected chi connectivity index (χ4v) is 0.241. The molecule has 4 nitrogen and oxygen atoms in total. The summed E-state index contributed by atoms with van der Waals surface area (Å²) in [6, 6.07) is 0. The van der Waals surface area contributed by atoms with Crippen molar-refractivity contribution in [1.82, 2.24) is 10.9 Å². The van der Waals surface area contributed by atoms with Crippen LogP contribution in [0.2, 0.25) is 0 Å². The first-order valence-corrected chi connectivity index (χ1v) is 2.68. The highest BCUT2D eigenvalue weighted by Gasteiger charge is 2.08. The van der Waals surface area contributed by atoms with Gasteiger partial charge in [-0.1, -0.05) is 0 Å². The number of carbonyl (C=O) groups is 1. The summed E-state index contributed by atoms with van der Waals surface area (Å²) < 4.78 is 0. The molecule has 0 aromatic carbocycles. The summed E-state index contributed by atoms with van der Waals surface area (Å²) in [5.74, 6) is 0. The Balaban J connectivity index is 3.39. The number of hydrogen-bond donors (Lipinski definition) is 3. The Morgan fingerprint density at radius 1 is 1.44 bits per heavy atom. The van der Waals surface area contributed by atoms with E-state index in [0.29, 0.717) is 0 Å². The highest BCUT2D eigenvalue weighted by Crippen LogP contribution is 1.94. The maximum Gasteiger partial charge on any atom is 0.419 e. The third-order valence-electron chi connectivity index (χ3n) is 0.544. The van der Waals surface area contributed by atoms with Gasteiger partial charge in [0.1, 0.15) is 0 Å². The third-order valence-corrected chi connectivity index (χ3v) is 0.544. The van der Waals surface area contributed by atoms with E-state index < -0.39 is 6.09 Å². The lowest BCUT2D eigenvalue weighted by molar-refractivity contribution is 0.182. The van der Waals surface area contributed by atoms with Crippen molar-refractivity contribution in [3.8, 4) is 0 Å². The van der Waals surface area contributed by atoms with Crippen LogP contribution in [0, 0.1) is 0 Å². The number of hydrazine groups is 1. The summed E-state index contributed by atoms with van der Waals surface area (Å²) in [4.78, 5) is 9.87. The minimum atomic E-state index is -1.06. The molecule has 0 saturated heterocycles. The summed E-state index contributed by atoms with van der Waals surface area (Å²) in [6.45, 7) is 5.59. The van der Waals surface area contributed by atoms with E-state index in [1.54, 1.807) is 0 Å². The normalized spacial score (nSPS) is 11.0. The molecule has 0 bridgehead atoms. The second-order valence-corrected chi connectivity index (χ2v) is 2.81. The Kier molecular flexibility index (Phi) is 2.45. The van der Waals surface area contributed by atoms with Gasteiger partial charge >= 0.3 is 6.09 Å². The molecule has 4 heteroatoms. The van der Waals surface area contributed by atoms with E-state index >= 15 is 0 Å². The molecule has 0 atom stereocenters. The molecule has 54 valence electrons. The number of rotatable bonds is 1. The second-order valence-electron chi connectivity index (χ2n) is 2.81. The topological polar surface area (TPSA) is 61.4 Å². The number of carboxylic acid groups (broad SMARTS) is 1. The standard InChI is InChI=1S/C5H12N2O2/c1-5(2,3)7-6-4(8)9/h6-7H,1-3H3,(H,8,9). The molecule has 0 spiro atoms. The molecule has 0 radical (unpaired) electrons. The van der Waals surface area contributed by atoms with E-state index in [-0.39, 0.29) is 5.54 Å². The van der Waals surface area contributed by atoms with Gasteiger partial charge in [-0.05, 0) is 20.8 Å². The van der Waals surface area contributed by atoms with Crippen molar-refractivity contribution in [3.63, 3.8) is 0 Å². The van der Waals surface area contributed by atoms with Crippen molar-refractivity contribution >= 4 is 6.09 Å². The number of nitrogens with one attached hydrogen (secondary N) is 2. The Hall–Kier alpha value is -0.770. The maximum absolute atomic E-state index is 9.87. The van der Waals surface area contributed by atoms with Crippen LogP contribution < -0.4 is 10.9 Å². The van der Waals surface area contributed by atoms with Crippen molar-refractivity contribution < 1.29 is 9.90 Å². The first-order chi connectivity index (χ1) is 3.92. The van der Waals surface area contributed by atoms with Gasteiger partial charge in [0, 0.05) is 5.54 Å². The lowest BCUT2D eigenvalue weighted by Crippen LogP contribution is -2.48. The van der Waals surface area contributed by atoms with Crippen molar-refractivity contribution in [2.75, 3.05) is 0 Å². The quantitative estimate of drug-likeness (QED) is 0.457. The monoisotopic (exact) mass is 132 g/mol. The maximum atomic E-state index is 9.87. The fourth-order valence-electron chi connectivity index (χ4n) is 0.241. The van der Waals surface area contributed by atoms with Crippen LogP contribution in [0.5, 0.6) is 0 Å². The summed E-state index contributed by atoms with van der Waals surface area (Å²) >= 11 is 0. The first kappa shape index (κ1) is 8.23. The molecule has 0 heterocycles. The van der Waals surface area contributed by atoms with Gasteiger partial charge in [-0.15, -0.1) is 0 Å². The summed E-state index contributed by atoms with van der Waals surface area (Å²) in [6.07, 6.45) is -1.06. The van der Waals surface area contributed by atoms with E-state index in [1.165, 1.54) is 0 Å². The van der Waals surface area contributed by atoms with Crippen LogP contribution in [0.4, 0.5) is 4.79 Å². The van der Waals surface area contributed by atoms with E-state index in [1.807, 2.05) is 20.8 Å². The predicted molar refractivity (Wildman–Crippen MR) is 34.0 cm³/mol. The molecule has 1 amide bonds. The predicted octanol–water partition coefficient (Wildman–Crippen LogP) is 0.557. The molecule has 9 heavy (non-hydrogen) atoms. The van der Waals surface area contributed by atoms with Gasteiger partial charge in [-0.3, -0.25) is 5.43 Å². The molecule has 3 N–H and O–H groups in total. The molecular formula is C5H12N2O2. The number of hydrogen-bond acceptors (Lipinski definition) is 2. The SMILES string of the molecule is CC(C)(C)NNC(=O)O. The van der Waals surface area contributed by atoms with Crippen LogP contribution in [0.3, 0.4) is 0 Å². The first-order valence-electron chi connectivity index (χ1n) is 2.68. The molecule has 0 aromatic rings. The fraction of sp³-hybridized carbons (Fsp3) is 0.800. The lowest BCUT2D eigenvalue weighted by Gasteiger charge is -2.19. The van der Waals surface area contributed by atoms with E-state index in [0.717, 1.165) is 0 Å². The molecule has 0 aromatic heterocycles. The summed E-state index contributed by atoms with van der Waals surface area (Å²) in [5, 5.41) is 8.10. The Bertz CT molecular complexity index is 106. The van der Waals surface area contributed by atoms with E-state index in [9.17, 15) is 4.79 Å². The zero-order chi connectivity index (χ0) is 7.49. The van der Waals surface area contributed by atoms with Gasteiger partial charge in [-0.2, -0.15) is 0 Å². The summed E-state index contributed by atoms with van der Waals surface area (Å²) in [5.41, 5.74) is 4.41. The van der Waals surface area contributed by atoms with Gasteiger partial charge in [0.25, 0.3) is 0 Å². The summed E-state index contributed by atoms with van der Waals surface area (Å²) in [7, 11) is 0. The third kappa shape index (κ3) is 7.23. The van der Waals surface area contributed by atoms with Crippen molar-refractivity contribution in [3.05, 3.63) is 0 Å². The average Bonchev–Trinajstić information content (AvgIpc) is 1.59. The molecule has 0 aliphatic carbocycles. The van der Waals surface area contributed by atoms with Crippen LogP contribution in [-0.4, -0.2) is 16.7 Å². The van der Waals surface area contributed by atoms with Crippen molar-refractivity contribution in [2.24, 2.45) is 0 Å². The lowest BCUT2D eigenvalue weighted by atomic mass is 10.1. The van der Waals surface area contributed by atoms with Crippen molar-refractivity contribution in [1.29, 1.82) is 0 Å². The molecule has 0 aliphatic rings. The average molecular weight is 132 g/mol. The van der Waals surface area contributed by atoms with E-state index in [4.69, 9.17) is 5.11 Å². The largest absolute Gasteiger partial charge is 0.464 e. The second kappa shape index (κ2) is 2.68. The van der Waals surface area contributed by atoms with E-state index in [2.05, 4.69) is 10.9 Å². The van der Waals surface area contributed by atoms with Gasteiger partial charge in [0.05, 0.1) is 0 Å². The highest BCUT2D eigenvalue weighted by molar-refractivity contribution is 5.63. The van der Waals surface area contributed by atoms with Gasteiger partial charge in [-0.25, -0.2) is 10.2 Å². The molecule has 0 fully saturated rings. The highest BCUT2D eigenvalue weighted by atomic mass is 16.4.